The van der Waals surface area contributed by atoms with Gasteiger partial charge >= 0.3 is 7.60 Å². The van der Waals surface area contributed by atoms with Crippen LogP contribution in [0.1, 0.15) is 5.56 Å². The molecule has 0 aromatic heterocycles. The van der Waals surface area contributed by atoms with Crippen LogP contribution in [0, 0.1) is 0 Å². The Morgan fingerprint density at radius 3 is 2.62 bits per heavy atom. The molecule has 0 aliphatic rings. The fraction of sp³-hybridized carbons (Fsp3) is 0.143. The van der Waals surface area contributed by atoms with E-state index in [-0.39, 0.29) is 6.16 Å². The Kier molecular flexibility index (Phi) is 2.98. The normalized spacial score (nSPS) is 11.6. The van der Waals surface area contributed by atoms with Crippen molar-refractivity contribution in [1.82, 2.24) is 0 Å². The lowest BCUT2D eigenvalue weighted by atomic mass is 10.2. The molecule has 6 heteroatoms. The van der Waals surface area contributed by atoms with Gasteiger partial charge in [0.2, 0.25) is 0 Å². The van der Waals surface area contributed by atoms with Crippen molar-refractivity contribution >= 4 is 24.9 Å². The first-order chi connectivity index (χ1) is 5.88. The number of anilines is 1. The van der Waals surface area contributed by atoms with Gasteiger partial charge in [-0.25, -0.2) is 0 Å². The van der Waals surface area contributed by atoms with Gasteiger partial charge in [-0.2, -0.15) is 0 Å². The summed E-state index contributed by atoms with van der Waals surface area (Å²) in [5.74, 6) is 0. The van der Waals surface area contributed by atoms with E-state index in [0.29, 0.717) is 16.3 Å². The van der Waals surface area contributed by atoms with Crippen LogP contribution in [-0.2, 0) is 10.7 Å². The summed E-state index contributed by atoms with van der Waals surface area (Å²) in [5.41, 5.74) is 6.21. The van der Waals surface area contributed by atoms with Gasteiger partial charge in [-0.15, -0.1) is 0 Å². The highest BCUT2D eigenvalue weighted by Gasteiger charge is 2.15. The van der Waals surface area contributed by atoms with E-state index in [1.807, 2.05) is 0 Å². The van der Waals surface area contributed by atoms with Crippen molar-refractivity contribution in [2.24, 2.45) is 0 Å². The Labute approximate surface area is 80.5 Å². The lowest BCUT2D eigenvalue weighted by Gasteiger charge is -2.07. The summed E-state index contributed by atoms with van der Waals surface area (Å²) >= 11 is 5.64. The third kappa shape index (κ3) is 3.36. The summed E-state index contributed by atoms with van der Waals surface area (Å²) < 4.78 is 10.7. The van der Waals surface area contributed by atoms with Crippen LogP contribution < -0.4 is 5.73 Å². The van der Waals surface area contributed by atoms with Crippen molar-refractivity contribution in [2.45, 2.75) is 6.16 Å². The molecule has 0 unspecified atom stereocenters. The number of rotatable bonds is 2. The minimum absolute atomic E-state index is 0.340. The van der Waals surface area contributed by atoms with Crippen LogP contribution in [0.3, 0.4) is 0 Å². The fourth-order valence-electron chi connectivity index (χ4n) is 0.933. The number of nitrogens with two attached hydrogens (primary N) is 1. The summed E-state index contributed by atoms with van der Waals surface area (Å²) in [5, 5.41) is 0.414. The molecule has 0 bridgehead atoms. The van der Waals surface area contributed by atoms with Gasteiger partial charge in [0.25, 0.3) is 0 Å². The van der Waals surface area contributed by atoms with Gasteiger partial charge in [-0.05, 0) is 23.8 Å². The van der Waals surface area contributed by atoms with Crippen LogP contribution in [0.2, 0.25) is 5.02 Å². The topological polar surface area (TPSA) is 83.6 Å². The molecule has 1 aromatic rings. The highest BCUT2D eigenvalue weighted by atomic mass is 35.5. The maximum absolute atomic E-state index is 10.7. The molecular formula is C7H9ClNO3P. The standard InChI is InChI=1S/C7H9ClNO3P/c8-6-1-2-7(9)5(3-6)4-13(10,11)12/h1-3H,4,9H2,(H2,10,11,12). The maximum atomic E-state index is 10.7. The van der Waals surface area contributed by atoms with Crippen LogP contribution in [0.25, 0.3) is 0 Å². The number of halogens is 1. The summed E-state index contributed by atoms with van der Waals surface area (Å²) in [6, 6.07) is 4.55. The molecule has 0 saturated carbocycles. The first-order valence-electron chi connectivity index (χ1n) is 3.47. The second-order valence-electron chi connectivity index (χ2n) is 2.67. The van der Waals surface area contributed by atoms with Crippen LogP contribution in [0.5, 0.6) is 0 Å². The molecule has 0 aliphatic carbocycles. The van der Waals surface area contributed by atoms with Gasteiger partial charge in [0.05, 0.1) is 6.16 Å². The first-order valence-corrected chi connectivity index (χ1v) is 5.64. The highest BCUT2D eigenvalue weighted by molar-refractivity contribution is 7.50. The lowest BCUT2D eigenvalue weighted by Crippen LogP contribution is -1.94. The number of hydrogen-bond acceptors (Lipinski definition) is 2. The second-order valence-corrected chi connectivity index (χ2v) is 4.75. The average Bonchev–Trinajstić information content (AvgIpc) is 1.94. The number of nitrogen functional groups attached to an aromatic ring is 1. The molecule has 0 fully saturated rings. The van der Waals surface area contributed by atoms with Crippen molar-refractivity contribution in [3.63, 3.8) is 0 Å². The molecule has 4 nitrogen and oxygen atoms in total. The van der Waals surface area contributed by atoms with Crippen LogP contribution in [0.15, 0.2) is 18.2 Å². The van der Waals surface area contributed by atoms with Gasteiger partial charge in [0.15, 0.2) is 0 Å². The SMILES string of the molecule is Nc1ccc(Cl)cc1CP(=O)(O)O. The molecule has 0 spiro atoms. The monoisotopic (exact) mass is 221 g/mol. The van der Waals surface area contributed by atoms with Crippen molar-refractivity contribution < 1.29 is 14.4 Å². The minimum Gasteiger partial charge on any atom is -0.398 e. The van der Waals surface area contributed by atoms with Gasteiger partial charge in [-0.1, -0.05) is 11.6 Å². The summed E-state index contributed by atoms with van der Waals surface area (Å²) in [6.45, 7) is 0. The zero-order chi connectivity index (χ0) is 10.1. The third-order valence-electron chi connectivity index (χ3n) is 1.48. The number of benzene rings is 1. The second kappa shape index (κ2) is 3.68. The quantitative estimate of drug-likeness (QED) is 0.523. The predicted octanol–water partition coefficient (Wildman–Crippen LogP) is 1.60. The summed E-state index contributed by atoms with van der Waals surface area (Å²) in [4.78, 5) is 17.4. The fourth-order valence-corrected chi connectivity index (χ4v) is 1.85. The molecule has 0 amide bonds. The Bertz CT molecular complexity index is 363. The highest BCUT2D eigenvalue weighted by Crippen LogP contribution is 2.40. The molecule has 0 heterocycles. The van der Waals surface area contributed by atoms with Gasteiger partial charge < -0.3 is 15.5 Å². The Morgan fingerprint density at radius 2 is 2.08 bits per heavy atom. The van der Waals surface area contributed by atoms with E-state index in [1.165, 1.54) is 12.1 Å². The molecule has 0 aliphatic heterocycles. The Morgan fingerprint density at radius 1 is 1.46 bits per heavy atom. The zero-order valence-corrected chi connectivity index (χ0v) is 8.29. The molecule has 0 saturated heterocycles. The zero-order valence-electron chi connectivity index (χ0n) is 6.64. The van der Waals surface area contributed by atoms with E-state index in [1.54, 1.807) is 6.07 Å². The predicted molar refractivity (Wildman–Crippen MR) is 51.6 cm³/mol. The van der Waals surface area contributed by atoms with Crippen LogP contribution in [0.4, 0.5) is 5.69 Å². The molecule has 0 radical (unpaired) electrons. The van der Waals surface area contributed by atoms with Gasteiger partial charge in [0.1, 0.15) is 0 Å². The van der Waals surface area contributed by atoms with Crippen LogP contribution in [-0.4, -0.2) is 9.79 Å². The van der Waals surface area contributed by atoms with Gasteiger partial charge in [0, 0.05) is 10.7 Å². The molecule has 4 N–H and O–H groups in total. The lowest BCUT2D eigenvalue weighted by molar-refractivity contribution is 0.372. The molecular weight excluding hydrogens is 213 g/mol. The molecule has 72 valence electrons. The van der Waals surface area contributed by atoms with E-state index in [2.05, 4.69) is 0 Å². The molecule has 1 aromatic carbocycles. The van der Waals surface area contributed by atoms with Crippen molar-refractivity contribution in [2.75, 3.05) is 5.73 Å². The van der Waals surface area contributed by atoms with E-state index in [0.717, 1.165) is 0 Å². The smallest absolute Gasteiger partial charge is 0.329 e. The Balaban J connectivity index is 3.01. The average molecular weight is 222 g/mol. The molecule has 1 rings (SSSR count). The minimum atomic E-state index is -4.07. The number of hydrogen-bond donors (Lipinski definition) is 3. The molecule has 13 heavy (non-hydrogen) atoms. The van der Waals surface area contributed by atoms with Crippen LogP contribution >= 0.6 is 19.2 Å². The Hall–Kier alpha value is -0.540. The molecule has 0 atom stereocenters. The van der Waals surface area contributed by atoms with E-state index >= 15 is 0 Å². The van der Waals surface area contributed by atoms with E-state index in [4.69, 9.17) is 27.1 Å². The summed E-state index contributed by atoms with van der Waals surface area (Å²) in [7, 11) is -4.07. The van der Waals surface area contributed by atoms with E-state index < -0.39 is 7.60 Å². The third-order valence-corrected chi connectivity index (χ3v) is 2.47. The maximum Gasteiger partial charge on any atom is 0.329 e. The summed E-state index contributed by atoms with van der Waals surface area (Å²) in [6.07, 6.45) is -0.376. The van der Waals surface area contributed by atoms with Crippen molar-refractivity contribution in [3.8, 4) is 0 Å². The largest absolute Gasteiger partial charge is 0.398 e. The van der Waals surface area contributed by atoms with Crippen molar-refractivity contribution in [1.29, 1.82) is 0 Å². The first kappa shape index (κ1) is 10.5. The van der Waals surface area contributed by atoms with Crippen molar-refractivity contribution in [3.05, 3.63) is 28.8 Å². The van der Waals surface area contributed by atoms with Gasteiger partial charge in [-0.3, -0.25) is 4.57 Å². The van der Waals surface area contributed by atoms with E-state index in [9.17, 15) is 4.57 Å².